The van der Waals surface area contributed by atoms with Crippen LogP contribution in [0.15, 0.2) is 196 Å². The van der Waals surface area contributed by atoms with E-state index in [-0.39, 0.29) is 96.5 Å². The van der Waals surface area contributed by atoms with Gasteiger partial charge < -0.3 is 21.7 Å². The van der Waals surface area contributed by atoms with E-state index < -0.39 is 77.2 Å². The number of fused-ring (bicyclic) bond motifs is 4. The van der Waals surface area contributed by atoms with Crippen LogP contribution in [0.25, 0.3) is 43.1 Å². The Labute approximate surface area is 436 Å². The average Bonchev–Trinajstić information content (AvgIpc) is 3.31. The van der Waals surface area contributed by atoms with Crippen LogP contribution in [-0.2, 0) is 40.5 Å². The molecule has 0 aromatic heterocycles. The first-order valence-corrected chi connectivity index (χ1v) is 26.0. The Hall–Kier alpha value is -7.18. The Morgan fingerprint density at radius 3 is 1.41 bits per heavy atom. The fraction of sp³-hybridized carbons (Fsp3) is 0. The third kappa shape index (κ3) is 11.2. The van der Waals surface area contributed by atoms with E-state index in [0.29, 0.717) is 16.5 Å². The predicted molar refractivity (Wildman–Crippen MR) is 267 cm³/mol. The van der Waals surface area contributed by atoms with Crippen molar-refractivity contribution in [3.63, 3.8) is 0 Å². The second-order valence-electron chi connectivity index (χ2n) is 15.4. The van der Waals surface area contributed by atoms with Crippen LogP contribution in [0, 0.1) is 0 Å². The molecule has 0 aliphatic rings. The zero-order valence-electron chi connectivity index (χ0n) is 37.6. The van der Waals surface area contributed by atoms with E-state index >= 15 is 0 Å². The van der Waals surface area contributed by atoms with Crippen molar-refractivity contribution in [2.24, 2.45) is 30.7 Å². The largest absolute Gasteiger partial charge is 1.00 e. The monoisotopic (exact) mass is 1070 g/mol. The standard InChI is InChI=1S/C46H31N7O14S4.H3N.Na/c54-42-24-31(70(62,63)64)20-26-19-30(69(59,60)61)23-41(44(26)42)52-50-38-15-14-37(33-8-4-5-9-34(33)38)48-49-39-16-17-40(36-22-29(68(56,57)58)11-13-35(36)39)51-53-45-43(71(65,66)67)21-25-18-28(10-12-32(25)46(45)55)47-27-6-2-1-3-7-27;;/h1-24,47,54-55H,(H,56,57,58)(H,59,60,61)(H,62,63,64)(H,65,66,67);1H3;/q;;+1/p+1. The summed E-state index contributed by atoms with van der Waals surface area (Å²) in [5.41, 5.74) is 0.854. The van der Waals surface area contributed by atoms with Crippen LogP contribution >= 0.6 is 0 Å². The Kier molecular flexibility index (Phi) is 15.0. The number of para-hydroxylation sites is 1. The van der Waals surface area contributed by atoms with Crippen molar-refractivity contribution in [2.45, 2.75) is 19.6 Å². The zero-order valence-corrected chi connectivity index (χ0v) is 42.9. The summed E-state index contributed by atoms with van der Waals surface area (Å²) in [4.78, 5) is -2.80. The van der Waals surface area contributed by atoms with E-state index in [2.05, 4.69) is 36.0 Å². The maximum Gasteiger partial charge on any atom is 1.00 e. The molecule has 366 valence electrons. The molecule has 27 heteroatoms. The first-order valence-electron chi connectivity index (χ1n) is 20.2. The summed E-state index contributed by atoms with van der Waals surface area (Å²) in [5.74, 6) is -1.35. The number of azo groups is 3. The number of benzene rings is 9. The smallest absolute Gasteiger partial charge is 0.507 e. The first kappa shape index (κ1) is 53.6. The Bertz CT molecular complexity index is 4300. The zero-order chi connectivity index (χ0) is 50.6. The number of phenols is 2. The van der Waals surface area contributed by atoms with Gasteiger partial charge in [-0.25, -0.2) is 0 Å². The molecule has 0 bridgehead atoms. The molecular formula is C46H35N8NaO14S4+2. The summed E-state index contributed by atoms with van der Waals surface area (Å²) in [6, 6.07) is 34.2. The molecule has 0 atom stereocenters. The molecule has 0 unspecified atom stereocenters. The van der Waals surface area contributed by atoms with Crippen LogP contribution in [0.2, 0.25) is 0 Å². The molecule has 0 aliphatic heterocycles. The molecule has 9 rings (SSSR count). The van der Waals surface area contributed by atoms with Crippen molar-refractivity contribution >= 4 is 129 Å². The summed E-state index contributed by atoms with van der Waals surface area (Å²) in [5, 5.41) is 51.9. The Morgan fingerprint density at radius 2 is 0.863 bits per heavy atom. The number of quaternary nitrogens is 1. The van der Waals surface area contributed by atoms with Crippen molar-refractivity contribution in [3.05, 3.63) is 146 Å². The molecule has 9 aromatic rings. The molecular weight excluding hydrogens is 1040 g/mol. The van der Waals surface area contributed by atoms with E-state index in [4.69, 9.17) is 0 Å². The maximum atomic E-state index is 12.7. The molecule has 0 amide bonds. The number of phenolic OH excluding ortho intramolecular Hbond substituents is 2. The SMILES string of the molecule is O=S(=O)(O)c1cc(O)c2c(N=Nc3ccc(N=Nc4ccc(N=Nc5c(S(=O)(=O)O)cc6cc(Nc7ccccc7)ccc6c5O)c5cc(S(=O)(=O)O)ccc45)c4ccccc34)cc(S(=O)(=O)O)cc2c1.[NH4+].[Na+]. The first-order chi connectivity index (χ1) is 33.5. The van der Waals surface area contributed by atoms with Crippen molar-refractivity contribution < 1.29 is 91.7 Å². The van der Waals surface area contributed by atoms with Gasteiger partial charge in [0.2, 0.25) is 0 Å². The van der Waals surface area contributed by atoms with Crippen molar-refractivity contribution in [3.8, 4) is 11.5 Å². The van der Waals surface area contributed by atoms with Crippen LogP contribution in [-0.4, -0.2) is 62.1 Å². The van der Waals surface area contributed by atoms with Gasteiger partial charge in [-0.3, -0.25) is 18.2 Å². The maximum absolute atomic E-state index is 12.7. The third-order valence-electron chi connectivity index (χ3n) is 10.8. The summed E-state index contributed by atoms with van der Waals surface area (Å²) in [7, 11) is -19.6. The quantitative estimate of drug-likeness (QED) is 0.0321. The molecule has 22 nitrogen and oxygen atoms in total. The molecule has 11 N–H and O–H groups in total. The molecule has 0 saturated heterocycles. The van der Waals surface area contributed by atoms with Gasteiger partial charge in [-0.05, 0) is 102 Å². The number of nitrogens with one attached hydrogen (secondary N) is 1. The second-order valence-corrected chi connectivity index (χ2v) is 21.1. The number of rotatable bonds is 12. The van der Waals surface area contributed by atoms with Crippen molar-refractivity contribution in [1.82, 2.24) is 6.15 Å². The van der Waals surface area contributed by atoms with E-state index in [0.717, 1.165) is 48.2 Å². The summed E-state index contributed by atoms with van der Waals surface area (Å²) in [6.45, 7) is 0. The summed E-state index contributed by atoms with van der Waals surface area (Å²) in [6.07, 6.45) is 0. The van der Waals surface area contributed by atoms with Crippen molar-refractivity contribution in [1.29, 1.82) is 0 Å². The molecule has 0 fully saturated rings. The van der Waals surface area contributed by atoms with Crippen molar-refractivity contribution in [2.75, 3.05) is 5.32 Å². The molecule has 9 aromatic carbocycles. The minimum absolute atomic E-state index is 0. The van der Waals surface area contributed by atoms with Gasteiger partial charge in [-0.1, -0.05) is 48.5 Å². The van der Waals surface area contributed by atoms with E-state index in [9.17, 15) is 62.1 Å². The minimum atomic E-state index is -5.04. The van der Waals surface area contributed by atoms with Crippen LogP contribution in [0.3, 0.4) is 0 Å². The fourth-order valence-corrected chi connectivity index (χ4v) is 9.83. The van der Waals surface area contributed by atoms with Crippen LogP contribution < -0.4 is 41.0 Å². The topological polar surface area (TPSA) is 381 Å². The van der Waals surface area contributed by atoms with Gasteiger partial charge in [0, 0.05) is 44.4 Å². The van der Waals surface area contributed by atoms with Gasteiger partial charge in [-0.2, -0.15) is 33.7 Å². The normalized spacial score (nSPS) is 12.5. The molecule has 0 radical (unpaired) electrons. The van der Waals surface area contributed by atoms with Gasteiger partial charge in [0.25, 0.3) is 40.5 Å². The van der Waals surface area contributed by atoms with E-state index in [1.165, 1.54) is 36.4 Å². The average molecular weight is 1080 g/mol. The van der Waals surface area contributed by atoms with Crippen LogP contribution in [0.1, 0.15) is 0 Å². The molecule has 0 spiro atoms. The molecule has 73 heavy (non-hydrogen) atoms. The fourth-order valence-electron chi connectivity index (χ4n) is 7.60. The second kappa shape index (κ2) is 20.4. The number of nitrogens with zero attached hydrogens (tertiary/aromatic N) is 6. The van der Waals surface area contributed by atoms with E-state index in [1.807, 2.05) is 30.3 Å². The van der Waals surface area contributed by atoms with Gasteiger partial charge in [0.15, 0.2) is 5.75 Å². The summed E-state index contributed by atoms with van der Waals surface area (Å²) < 4.78 is 138. The Morgan fingerprint density at radius 1 is 0.384 bits per heavy atom. The number of hydrogen-bond donors (Lipinski definition) is 8. The Balaban J connectivity index is 0.00000390. The molecule has 0 saturated carbocycles. The van der Waals surface area contributed by atoms with Gasteiger partial charge in [-0.15, -0.1) is 30.7 Å². The van der Waals surface area contributed by atoms with Gasteiger partial charge in [0.05, 0.1) is 48.5 Å². The number of hydrogen-bond acceptors (Lipinski definition) is 17. The summed E-state index contributed by atoms with van der Waals surface area (Å²) >= 11 is 0. The van der Waals surface area contributed by atoms with Crippen LogP contribution in [0.5, 0.6) is 11.5 Å². The molecule has 0 aliphatic carbocycles. The third-order valence-corrected chi connectivity index (χ3v) is 14.2. The minimum Gasteiger partial charge on any atom is -0.507 e. The van der Waals surface area contributed by atoms with Gasteiger partial charge >= 0.3 is 29.6 Å². The van der Waals surface area contributed by atoms with Crippen LogP contribution in [0.4, 0.5) is 45.5 Å². The predicted octanol–water partition coefficient (Wildman–Crippen LogP) is 9.07. The molecule has 0 heterocycles. The number of aromatic hydroxyl groups is 2. The number of anilines is 2. The van der Waals surface area contributed by atoms with E-state index in [1.54, 1.807) is 36.4 Å². The van der Waals surface area contributed by atoms with Gasteiger partial charge in [0.1, 0.15) is 16.3 Å².